The maximum atomic E-state index is 12.1. The van der Waals surface area contributed by atoms with Crippen LogP contribution in [0, 0.1) is 10.1 Å². The summed E-state index contributed by atoms with van der Waals surface area (Å²) in [5.74, 6) is -0.382. The average Bonchev–Trinajstić information content (AvgIpc) is 2.98. The van der Waals surface area contributed by atoms with Crippen molar-refractivity contribution in [2.24, 2.45) is 0 Å². The first kappa shape index (κ1) is 17.6. The van der Waals surface area contributed by atoms with E-state index in [2.05, 4.69) is 4.90 Å². The van der Waals surface area contributed by atoms with Gasteiger partial charge in [-0.1, -0.05) is 23.7 Å². The van der Waals surface area contributed by atoms with E-state index in [4.69, 9.17) is 16.0 Å². The highest BCUT2D eigenvalue weighted by Gasteiger charge is 2.24. The molecule has 0 N–H and O–H groups in total. The van der Waals surface area contributed by atoms with Gasteiger partial charge in [-0.15, -0.1) is 0 Å². The molecule has 1 aromatic heterocycles. The number of para-hydroxylation sites is 2. The third kappa shape index (κ3) is 3.41. The normalized spacial score (nSPS) is 15.4. The fourth-order valence-electron chi connectivity index (χ4n) is 3.39. The molecule has 1 saturated heterocycles. The van der Waals surface area contributed by atoms with E-state index in [1.165, 1.54) is 6.07 Å². The Morgan fingerprint density at radius 2 is 1.85 bits per heavy atom. The predicted molar refractivity (Wildman–Crippen MR) is 102 cm³/mol. The number of rotatable bonds is 4. The van der Waals surface area contributed by atoms with E-state index in [9.17, 15) is 14.9 Å². The number of anilines is 1. The van der Waals surface area contributed by atoms with Gasteiger partial charge in [-0.25, -0.2) is 4.79 Å². The Bertz CT molecular complexity index is 1050. The molecule has 0 unspecified atom stereocenters. The first-order chi connectivity index (χ1) is 13.0. The van der Waals surface area contributed by atoms with Crippen LogP contribution in [0.3, 0.4) is 0 Å². The Kier molecular flexibility index (Phi) is 4.59. The van der Waals surface area contributed by atoms with Gasteiger partial charge in [0.05, 0.1) is 17.1 Å². The van der Waals surface area contributed by atoms with Crippen molar-refractivity contribution in [1.82, 2.24) is 9.47 Å². The summed E-state index contributed by atoms with van der Waals surface area (Å²) < 4.78 is 6.87. The van der Waals surface area contributed by atoms with Gasteiger partial charge in [-0.3, -0.25) is 19.6 Å². The summed E-state index contributed by atoms with van der Waals surface area (Å²) >= 11 is 5.89. The van der Waals surface area contributed by atoms with E-state index in [1.54, 1.807) is 22.8 Å². The molecule has 0 saturated carbocycles. The van der Waals surface area contributed by atoms with Crippen molar-refractivity contribution in [2.45, 2.75) is 6.67 Å². The zero-order valence-corrected chi connectivity index (χ0v) is 15.1. The number of oxazole rings is 1. The molecule has 0 spiro atoms. The number of nitrogens with zero attached hydrogens (tertiary/aromatic N) is 4. The lowest BCUT2D eigenvalue weighted by Crippen LogP contribution is -2.47. The fourth-order valence-corrected chi connectivity index (χ4v) is 3.55. The molecular weight excluding hydrogens is 372 g/mol. The van der Waals surface area contributed by atoms with Crippen LogP contribution in [0.25, 0.3) is 11.1 Å². The molecule has 8 nitrogen and oxygen atoms in total. The van der Waals surface area contributed by atoms with Crippen LogP contribution in [0.15, 0.2) is 51.7 Å². The number of hydrogen-bond acceptors (Lipinski definition) is 6. The van der Waals surface area contributed by atoms with Gasteiger partial charge in [-0.2, -0.15) is 0 Å². The molecule has 0 bridgehead atoms. The van der Waals surface area contributed by atoms with Crippen LogP contribution < -0.4 is 10.7 Å². The third-order valence-corrected chi connectivity index (χ3v) is 5.00. The Labute approximate surface area is 159 Å². The lowest BCUT2D eigenvalue weighted by molar-refractivity contribution is -0.384. The lowest BCUT2D eigenvalue weighted by atomic mass is 10.2. The smallest absolute Gasteiger partial charge is 0.408 e. The lowest BCUT2D eigenvalue weighted by Gasteiger charge is -2.35. The van der Waals surface area contributed by atoms with E-state index in [1.807, 2.05) is 23.1 Å². The molecule has 0 radical (unpaired) electrons. The highest BCUT2D eigenvalue weighted by Crippen LogP contribution is 2.31. The minimum Gasteiger partial charge on any atom is -0.408 e. The number of piperazine rings is 1. The number of halogens is 1. The molecule has 9 heteroatoms. The minimum absolute atomic E-state index is 0.00741. The molecule has 4 rings (SSSR count). The number of hydrogen-bond donors (Lipinski definition) is 0. The first-order valence-electron chi connectivity index (χ1n) is 8.52. The van der Waals surface area contributed by atoms with Crippen molar-refractivity contribution < 1.29 is 9.34 Å². The van der Waals surface area contributed by atoms with Gasteiger partial charge in [0.15, 0.2) is 5.58 Å². The molecule has 1 aliphatic rings. The highest BCUT2D eigenvalue weighted by atomic mass is 35.5. The fraction of sp³-hybridized carbons (Fsp3) is 0.278. The zero-order valence-electron chi connectivity index (χ0n) is 14.4. The zero-order chi connectivity index (χ0) is 19.0. The van der Waals surface area contributed by atoms with Crippen molar-refractivity contribution in [1.29, 1.82) is 0 Å². The molecule has 0 atom stereocenters. The SMILES string of the molecule is O=c1oc2ccccc2n1CN1CCN(c2ccc(Cl)cc2[N+](=O)[O-])CC1. The van der Waals surface area contributed by atoms with Gasteiger partial charge in [0.25, 0.3) is 5.69 Å². The molecule has 3 aromatic rings. The topological polar surface area (TPSA) is 84.8 Å². The number of nitro benzene ring substituents is 1. The van der Waals surface area contributed by atoms with Gasteiger partial charge in [0, 0.05) is 37.3 Å². The Morgan fingerprint density at radius 1 is 1.11 bits per heavy atom. The number of aromatic nitrogens is 1. The van der Waals surface area contributed by atoms with Crippen LogP contribution in [0.2, 0.25) is 5.02 Å². The van der Waals surface area contributed by atoms with Crippen molar-refractivity contribution in [3.8, 4) is 0 Å². The van der Waals surface area contributed by atoms with Crippen LogP contribution in [0.5, 0.6) is 0 Å². The standard InChI is InChI=1S/C18H17ClN4O4/c19-13-5-6-14(16(11-13)23(25)26)21-9-7-20(8-10-21)12-22-15-3-1-2-4-17(15)27-18(22)24/h1-6,11H,7-10,12H2. The summed E-state index contributed by atoms with van der Waals surface area (Å²) in [4.78, 5) is 27.1. The molecule has 1 fully saturated rings. The predicted octanol–water partition coefficient (Wildman–Crippen LogP) is 2.94. The highest BCUT2D eigenvalue weighted by molar-refractivity contribution is 6.30. The molecule has 1 aliphatic heterocycles. The summed E-state index contributed by atoms with van der Waals surface area (Å²) in [6.07, 6.45) is 0. The first-order valence-corrected chi connectivity index (χ1v) is 8.90. The second-order valence-corrected chi connectivity index (χ2v) is 6.84. The van der Waals surface area contributed by atoms with Crippen LogP contribution in [-0.2, 0) is 6.67 Å². The molecule has 0 amide bonds. The summed E-state index contributed by atoms with van der Waals surface area (Å²) in [6.45, 7) is 3.00. The minimum atomic E-state index is -0.412. The number of benzene rings is 2. The Hall–Kier alpha value is -2.84. The van der Waals surface area contributed by atoms with Crippen molar-refractivity contribution in [3.63, 3.8) is 0 Å². The second-order valence-electron chi connectivity index (χ2n) is 6.40. The summed E-state index contributed by atoms with van der Waals surface area (Å²) in [5.41, 5.74) is 1.90. The van der Waals surface area contributed by atoms with Gasteiger partial charge in [0.1, 0.15) is 5.69 Å². The molecule has 140 valence electrons. The van der Waals surface area contributed by atoms with Crippen LogP contribution in [-0.4, -0.2) is 40.6 Å². The maximum Gasteiger partial charge on any atom is 0.421 e. The Balaban J connectivity index is 1.49. The van der Waals surface area contributed by atoms with Crippen LogP contribution in [0.1, 0.15) is 0 Å². The third-order valence-electron chi connectivity index (χ3n) is 4.76. The van der Waals surface area contributed by atoms with Crippen molar-refractivity contribution >= 4 is 34.1 Å². The van der Waals surface area contributed by atoms with E-state index >= 15 is 0 Å². The van der Waals surface area contributed by atoms with Gasteiger partial charge >= 0.3 is 5.76 Å². The van der Waals surface area contributed by atoms with Gasteiger partial charge in [-0.05, 0) is 24.3 Å². The monoisotopic (exact) mass is 388 g/mol. The molecule has 2 heterocycles. The molecule has 0 aliphatic carbocycles. The van der Waals surface area contributed by atoms with Crippen LogP contribution >= 0.6 is 11.6 Å². The Morgan fingerprint density at radius 3 is 2.59 bits per heavy atom. The molecule has 2 aromatic carbocycles. The van der Waals surface area contributed by atoms with E-state index in [0.29, 0.717) is 49.1 Å². The number of nitro groups is 1. The van der Waals surface area contributed by atoms with E-state index in [-0.39, 0.29) is 11.4 Å². The largest absolute Gasteiger partial charge is 0.421 e. The summed E-state index contributed by atoms with van der Waals surface area (Å²) in [6, 6.07) is 12.0. The number of fused-ring (bicyclic) bond motifs is 1. The second kappa shape index (κ2) is 7.05. The average molecular weight is 389 g/mol. The quantitative estimate of drug-likeness (QED) is 0.504. The van der Waals surface area contributed by atoms with E-state index < -0.39 is 4.92 Å². The van der Waals surface area contributed by atoms with Gasteiger partial charge in [0.2, 0.25) is 0 Å². The van der Waals surface area contributed by atoms with Crippen molar-refractivity contribution in [3.05, 3.63) is 68.2 Å². The van der Waals surface area contributed by atoms with Gasteiger partial charge < -0.3 is 9.32 Å². The molecule has 27 heavy (non-hydrogen) atoms. The van der Waals surface area contributed by atoms with Crippen LogP contribution in [0.4, 0.5) is 11.4 Å². The summed E-state index contributed by atoms with van der Waals surface area (Å²) in [7, 11) is 0. The van der Waals surface area contributed by atoms with E-state index in [0.717, 1.165) is 5.52 Å². The summed E-state index contributed by atoms with van der Waals surface area (Å²) in [5, 5.41) is 11.7. The van der Waals surface area contributed by atoms with Crippen molar-refractivity contribution in [2.75, 3.05) is 31.1 Å². The maximum absolute atomic E-state index is 12.1. The molecular formula is C18H17ClN4O4.